The van der Waals surface area contributed by atoms with Gasteiger partial charge in [-0.3, -0.25) is 4.57 Å². The van der Waals surface area contributed by atoms with Crippen LogP contribution in [0.4, 0.5) is 0 Å². The fourth-order valence-corrected chi connectivity index (χ4v) is 1.25. The largest absolute Gasteiger partial charge is 0.326 e. The average molecular weight is 199 g/mol. The Kier molecular flexibility index (Phi) is 2.44. The molecule has 2 aromatic rings. The molecule has 0 aromatic carbocycles. The van der Waals surface area contributed by atoms with E-state index in [2.05, 4.69) is 9.97 Å². The second-order valence-corrected chi connectivity index (χ2v) is 2.96. The van der Waals surface area contributed by atoms with Gasteiger partial charge in [0.05, 0.1) is 0 Å². The van der Waals surface area contributed by atoms with Gasteiger partial charge in [0.1, 0.15) is 11.9 Å². The third-order valence-corrected chi connectivity index (χ3v) is 2.03. The number of nitriles is 1. The number of nitrogens with zero attached hydrogens (tertiary/aromatic N) is 4. The van der Waals surface area contributed by atoms with Crippen molar-refractivity contribution in [2.24, 2.45) is 5.73 Å². The third-order valence-electron chi connectivity index (χ3n) is 2.03. The van der Waals surface area contributed by atoms with Crippen molar-refractivity contribution >= 4 is 0 Å². The summed E-state index contributed by atoms with van der Waals surface area (Å²) < 4.78 is 1.63. The molecule has 74 valence electrons. The van der Waals surface area contributed by atoms with Crippen LogP contribution >= 0.6 is 0 Å². The molecule has 0 spiro atoms. The number of nitrogens with two attached hydrogens (primary N) is 1. The third kappa shape index (κ3) is 1.71. The molecule has 2 rings (SSSR count). The Labute approximate surface area is 86.8 Å². The first-order chi connectivity index (χ1) is 7.35. The van der Waals surface area contributed by atoms with Gasteiger partial charge in [-0.2, -0.15) is 5.26 Å². The second kappa shape index (κ2) is 3.90. The van der Waals surface area contributed by atoms with Crippen molar-refractivity contribution in [3.8, 4) is 11.9 Å². The van der Waals surface area contributed by atoms with Gasteiger partial charge in [-0.25, -0.2) is 9.97 Å². The molecule has 2 heterocycles. The van der Waals surface area contributed by atoms with Crippen molar-refractivity contribution in [1.29, 1.82) is 5.26 Å². The number of aromatic nitrogens is 3. The highest BCUT2D eigenvalue weighted by Crippen LogP contribution is 2.07. The molecule has 0 aliphatic carbocycles. The molecule has 0 amide bonds. The van der Waals surface area contributed by atoms with E-state index in [9.17, 15) is 0 Å². The van der Waals surface area contributed by atoms with Crippen LogP contribution in [0, 0.1) is 11.3 Å². The Bertz CT molecular complexity index is 491. The first kappa shape index (κ1) is 9.37. The van der Waals surface area contributed by atoms with Crippen LogP contribution in [-0.2, 0) is 6.54 Å². The van der Waals surface area contributed by atoms with Crippen LogP contribution in [-0.4, -0.2) is 14.5 Å². The van der Waals surface area contributed by atoms with Crippen molar-refractivity contribution in [3.63, 3.8) is 0 Å². The summed E-state index contributed by atoms with van der Waals surface area (Å²) in [6, 6.07) is 5.68. The first-order valence-electron chi connectivity index (χ1n) is 4.44. The number of hydrogen-bond donors (Lipinski definition) is 1. The monoisotopic (exact) mass is 199 g/mol. The molecule has 2 aromatic heterocycles. The molecular formula is C10H9N5. The highest BCUT2D eigenvalue weighted by atomic mass is 15.1. The number of imidazole rings is 1. The van der Waals surface area contributed by atoms with E-state index in [4.69, 9.17) is 11.0 Å². The molecule has 0 fully saturated rings. The lowest BCUT2D eigenvalue weighted by molar-refractivity contribution is 0.950. The van der Waals surface area contributed by atoms with E-state index < -0.39 is 0 Å². The summed E-state index contributed by atoms with van der Waals surface area (Å²) in [6.07, 6.45) is 4.95. The zero-order chi connectivity index (χ0) is 10.7. The standard InChI is InChI=1S/C10H9N5/c11-5-8-1-2-9(14-7-8)15-4-3-13-10(15)6-12/h1-4,7H,5,11H2. The lowest BCUT2D eigenvalue weighted by atomic mass is 10.3. The van der Waals surface area contributed by atoms with Crippen molar-refractivity contribution in [3.05, 3.63) is 42.1 Å². The minimum atomic E-state index is 0.322. The van der Waals surface area contributed by atoms with E-state index >= 15 is 0 Å². The molecule has 0 radical (unpaired) electrons. The van der Waals surface area contributed by atoms with Crippen molar-refractivity contribution in [1.82, 2.24) is 14.5 Å². The Balaban J connectivity index is 2.42. The molecule has 0 aliphatic heterocycles. The Hall–Kier alpha value is -2.19. The maximum atomic E-state index is 8.79. The summed E-state index contributed by atoms with van der Waals surface area (Å²) in [5.41, 5.74) is 6.42. The van der Waals surface area contributed by atoms with Crippen molar-refractivity contribution < 1.29 is 0 Å². The van der Waals surface area contributed by atoms with E-state index in [1.165, 1.54) is 0 Å². The number of hydrogen-bond acceptors (Lipinski definition) is 4. The molecule has 0 saturated carbocycles. The van der Waals surface area contributed by atoms with Crippen LogP contribution in [0.5, 0.6) is 0 Å². The van der Waals surface area contributed by atoms with Crippen LogP contribution in [0.25, 0.3) is 5.82 Å². The second-order valence-electron chi connectivity index (χ2n) is 2.96. The van der Waals surface area contributed by atoms with Crippen LogP contribution in [0.1, 0.15) is 11.4 Å². The van der Waals surface area contributed by atoms with Gasteiger partial charge in [0.15, 0.2) is 0 Å². The summed E-state index contributed by atoms with van der Waals surface area (Å²) in [5, 5.41) is 8.79. The molecule has 0 atom stereocenters. The predicted molar refractivity (Wildman–Crippen MR) is 54.0 cm³/mol. The molecule has 0 bridgehead atoms. The number of rotatable bonds is 2. The van der Waals surface area contributed by atoms with Gasteiger partial charge in [0, 0.05) is 25.1 Å². The van der Waals surface area contributed by atoms with E-state index in [1.54, 1.807) is 23.2 Å². The van der Waals surface area contributed by atoms with E-state index in [-0.39, 0.29) is 0 Å². The Morgan fingerprint density at radius 2 is 2.27 bits per heavy atom. The molecule has 0 saturated heterocycles. The molecule has 5 heteroatoms. The fraction of sp³-hybridized carbons (Fsp3) is 0.100. The Morgan fingerprint density at radius 1 is 1.40 bits per heavy atom. The molecule has 15 heavy (non-hydrogen) atoms. The highest BCUT2D eigenvalue weighted by Gasteiger charge is 2.04. The maximum absolute atomic E-state index is 8.79. The van der Waals surface area contributed by atoms with Gasteiger partial charge in [-0.1, -0.05) is 6.07 Å². The predicted octanol–water partition coefficient (Wildman–Crippen LogP) is 0.598. The van der Waals surface area contributed by atoms with Crippen molar-refractivity contribution in [2.75, 3.05) is 0 Å². The summed E-state index contributed by atoms with van der Waals surface area (Å²) in [6.45, 7) is 0.461. The lowest BCUT2D eigenvalue weighted by Crippen LogP contribution is -2.02. The number of pyridine rings is 1. The Morgan fingerprint density at radius 3 is 2.87 bits per heavy atom. The molecular weight excluding hydrogens is 190 g/mol. The summed E-state index contributed by atoms with van der Waals surface area (Å²) in [5.74, 6) is 0.990. The van der Waals surface area contributed by atoms with Gasteiger partial charge >= 0.3 is 0 Å². The first-order valence-corrected chi connectivity index (χ1v) is 4.44. The van der Waals surface area contributed by atoms with E-state index in [1.807, 2.05) is 18.2 Å². The van der Waals surface area contributed by atoms with Crippen LogP contribution < -0.4 is 5.73 Å². The fourth-order valence-electron chi connectivity index (χ4n) is 1.25. The van der Waals surface area contributed by atoms with Gasteiger partial charge in [-0.15, -0.1) is 0 Å². The van der Waals surface area contributed by atoms with Gasteiger partial charge in [-0.05, 0) is 11.6 Å². The highest BCUT2D eigenvalue weighted by molar-refractivity contribution is 5.30. The molecule has 0 unspecified atom stereocenters. The smallest absolute Gasteiger partial charge is 0.218 e. The normalized spacial score (nSPS) is 9.87. The summed E-state index contributed by atoms with van der Waals surface area (Å²) in [4.78, 5) is 8.08. The summed E-state index contributed by atoms with van der Waals surface area (Å²) in [7, 11) is 0. The van der Waals surface area contributed by atoms with E-state index in [0.717, 1.165) is 5.56 Å². The quantitative estimate of drug-likeness (QED) is 0.767. The van der Waals surface area contributed by atoms with E-state index in [0.29, 0.717) is 18.2 Å². The van der Waals surface area contributed by atoms with Crippen LogP contribution in [0.15, 0.2) is 30.7 Å². The molecule has 5 nitrogen and oxygen atoms in total. The minimum Gasteiger partial charge on any atom is -0.326 e. The molecule has 2 N–H and O–H groups in total. The summed E-state index contributed by atoms with van der Waals surface area (Å²) >= 11 is 0. The van der Waals surface area contributed by atoms with Crippen LogP contribution in [0.2, 0.25) is 0 Å². The van der Waals surface area contributed by atoms with Gasteiger partial charge in [0.25, 0.3) is 0 Å². The molecule has 0 aliphatic rings. The average Bonchev–Trinajstić information content (AvgIpc) is 2.77. The zero-order valence-corrected chi connectivity index (χ0v) is 7.96. The topological polar surface area (TPSA) is 80.5 Å². The maximum Gasteiger partial charge on any atom is 0.218 e. The minimum absolute atomic E-state index is 0.322. The van der Waals surface area contributed by atoms with Crippen molar-refractivity contribution in [2.45, 2.75) is 6.54 Å². The van der Waals surface area contributed by atoms with Crippen LogP contribution in [0.3, 0.4) is 0 Å². The van der Waals surface area contributed by atoms with Gasteiger partial charge in [0.2, 0.25) is 5.82 Å². The SMILES string of the molecule is N#Cc1nccn1-c1ccc(CN)cn1. The lowest BCUT2D eigenvalue weighted by Gasteiger charge is -2.02. The van der Waals surface area contributed by atoms with Gasteiger partial charge < -0.3 is 5.73 Å². The zero-order valence-electron chi connectivity index (χ0n) is 7.96.